The lowest BCUT2D eigenvalue weighted by atomic mass is 9.94. The van der Waals surface area contributed by atoms with Crippen molar-refractivity contribution in [3.63, 3.8) is 0 Å². The lowest BCUT2D eigenvalue weighted by Gasteiger charge is -2.28. The first kappa shape index (κ1) is 18.7. The number of ether oxygens (including phenoxy) is 2. The molecule has 0 saturated carbocycles. The normalized spacial score (nSPS) is 13.4. The Kier molecular flexibility index (Phi) is 5.78. The molecule has 0 fully saturated rings. The van der Waals surface area contributed by atoms with Gasteiger partial charge in [0.2, 0.25) is 0 Å². The molecule has 6 nitrogen and oxygen atoms in total. The molecule has 0 aliphatic heterocycles. The van der Waals surface area contributed by atoms with Crippen molar-refractivity contribution in [2.75, 3.05) is 13.7 Å². The lowest BCUT2D eigenvalue weighted by molar-refractivity contribution is -0.0505. The lowest BCUT2D eigenvalue weighted by Crippen LogP contribution is -2.36. The molecule has 1 heterocycles. The molecule has 136 valence electrons. The Morgan fingerprint density at radius 1 is 1.12 bits per heavy atom. The highest BCUT2D eigenvalue weighted by atomic mass is 35.5. The van der Waals surface area contributed by atoms with Gasteiger partial charge in [0.15, 0.2) is 0 Å². The maximum absolute atomic E-state index is 11.1. The van der Waals surface area contributed by atoms with Crippen LogP contribution in [0.3, 0.4) is 0 Å². The molecule has 0 aliphatic carbocycles. The molecule has 26 heavy (non-hydrogen) atoms. The third-order valence-corrected chi connectivity index (χ3v) is 4.33. The second-order valence-electron chi connectivity index (χ2n) is 5.76. The number of aliphatic hydroxyl groups is 1. The van der Waals surface area contributed by atoms with Crippen molar-refractivity contribution in [3.05, 3.63) is 70.7 Å². The topological polar surface area (TPSA) is 69.4 Å². The van der Waals surface area contributed by atoms with Crippen LogP contribution in [0.2, 0.25) is 10.0 Å². The van der Waals surface area contributed by atoms with Gasteiger partial charge in [0.1, 0.15) is 29.8 Å². The van der Waals surface area contributed by atoms with E-state index in [1.807, 2.05) is 0 Å². The first-order valence-electron chi connectivity index (χ1n) is 7.77. The van der Waals surface area contributed by atoms with Crippen molar-refractivity contribution >= 4 is 23.2 Å². The molecule has 1 aromatic heterocycles. The number of hydrogen-bond acceptors (Lipinski definition) is 5. The van der Waals surface area contributed by atoms with Gasteiger partial charge in [0.25, 0.3) is 0 Å². The highest BCUT2D eigenvalue weighted by Crippen LogP contribution is 2.34. The standard InChI is InChI=1S/C18H17Cl2N3O3/c1-25-10-18(24,9-23-12-21-11-22-23)16-7-6-15(8-17(16)20)26-14-4-2-13(19)3-5-14/h2-8,11-12,24H,9-10H2,1H3. The number of nitrogens with zero attached hydrogens (tertiary/aromatic N) is 3. The van der Waals surface area contributed by atoms with Crippen LogP contribution in [0, 0.1) is 0 Å². The van der Waals surface area contributed by atoms with Crippen LogP contribution in [-0.4, -0.2) is 33.6 Å². The van der Waals surface area contributed by atoms with E-state index in [0.717, 1.165) is 0 Å². The Labute approximate surface area is 160 Å². The Morgan fingerprint density at radius 2 is 1.85 bits per heavy atom. The van der Waals surface area contributed by atoms with Gasteiger partial charge in [-0.3, -0.25) is 0 Å². The monoisotopic (exact) mass is 393 g/mol. The summed E-state index contributed by atoms with van der Waals surface area (Å²) >= 11 is 12.3. The van der Waals surface area contributed by atoms with Gasteiger partial charge in [-0.05, 0) is 36.4 Å². The minimum absolute atomic E-state index is 0.0456. The summed E-state index contributed by atoms with van der Waals surface area (Å²) < 4.78 is 12.5. The van der Waals surface area contributed by atoms with E-state index in [0.29, 0.717) is 27.1 Å². The number of halogens is 2. The van der Waals surface area contributed by atoms with Gasteiger partial charge >= 0.3 is 0 Å². The van der Waals surface area contributed by atoms with E-state index in [4.69, 9.17) is 32.7 Å². The molecule has 0 spiro atoms. The average molecular weight is 394 g/mol. The Bertz CT molecular complexity index is 857. The Morgan fingerprint density at radius 3 is 2.46 bits per heavy atom. The van der Waals surface area contributed by atoms with Crippen LogP contribution in [0.5, 0.6) is 11.5 Å². The van der Waals surface area contributed by atoms with E-state index in [-0.39, 0.29) is 13.2 Å². The fourth-order valence-electron chi connectivity index (χ4n) is 2.61. The molecule has 3 aromatic rings. The van der Waals surface area contributed by atoms with E-state index in [1.165, 1.54) is 24.4 Å². The Hall–Kier alpha value is -2.12. The number of methoxy groups -OCH3 is 1. The van der Waals surface area contributed by atoms with Crippen molar-refractivity contribution in [3.8, 4) is 11.5 Å². The third kappa shape index (κ3) is 4.34. The van der Waals surface area contributed by atoms with E-state index in [1.54, 1.807) is 42.5 Å². The summed E-state index contributed by atoms with van der Waals surface area (Å²) in [6.45, 7) is 0.196. The van der Waals surface area contributed by atoms with Gasteiger partial charge < -0.3 is 14.6 Å². The summed E-state index contributed by atoms with van der Waals surface area (Å²) in [6, 6.07) is 12.1. The van der Waals surface area contributed by atoms with Gasteiger partial charge in [0, 0.05) is 17.7 Å². The highest BCUT2D eigenvalue weighted by molar-refractivity contribution is 6.31. The zero-order chi connectivity index (χ0) is 18.6. The van der Waals surface area contributed by atoms with Crippen molar-refractivity contribution < 1.29 is 14.6 Å². The fourth-order valence-corrected chi connectivity index (χ4v) is 3.08. The van der Waals surface area contributed by atoms with E-state index in [9.17, 15) is 5.11 Å². The summed E-state index contributed by atoms with van der Waals surface area (Å²) in [6.07, 6.45) is 2.92. The number of rotatable bonds is 7. The molecule has 1 atom stereocenters. The van der Waals surface area contributed by atoms with Gasteiger partial charge in [-0.2, -0.15) is 5.10 Å². The maximum Gasteiger partial charge on any atom is 0.137 e. The first-order valence-corrected chi connectivity index (χ1v) is 8.53. The van der Waals surface area contributed by atoms with Gasteiger partial charge in [-0.1, -0.05) is 29.3 Å². The van der Waals surface area contributed by atoms with Gasteiger partial charge in [-0.15, -0.1) is 0 Å². The molecule has 0 radical (unpaired) electrons. The van der Waals surface area contributed by atoms with Crippen molar-refractivity contribution in [2.45, 2.75) is 12.1 Å². The minimum Gasteiger partial charge on any atom is -0.457 e. The molecule has 0 saturated heterocycles. The molecule has 8 heteroatoms. The molecule has 0 aliphatic rings. The second kappa shape index (κ2) is 8.05. The molecule has 1 unspecified atom stereocenters. The zero-order valence-corrected chi connectivity index (χ0v) is 15.5. The molecular formula is C18H17Cl2N3O3. The quantitative estimate of drug-likeness (QED) is 0.658. The number of benzene rings is 2. The predicted molar refractivity (Wildman–Crippen MR) is 98.8 cm³/mol. The molecule has 1 N–H and O–H groups in total. The summed E-state index contributed by atoms with van der Waals surface area (Å²) in [5, 5.41) is 16.1. The number of hydrogen-bond donors (Lipinski definition) is 1. The van der Waals surface area contributed by atoms with Crippen LogP contribution < -0.4 is 4.74 Å². The SMILES string of the molecule is COCC(O)(Cn1cncn1)c1ccc(Oc2ccc(Cl)cc2)cc1Cl. The fraction of sp³-hybridized carbons (Fsp3) is 0.222. The summed E-state index contributed by atoms with van der Waals surface area (Å²) in [5.74, 6) is 1.18. The van der Waals surface area contributed by atoms with Gasteiger partial charge in [-0.25, -0.2) is 9.67 Å². The first-order chi connectivity index (χ1) is 12.5. The van der Waals surface area contributed by atoms with Crippen molar-refractivity contribution in [2.24, 2.45) is 0 Å². The van der Waals surface area contributed by atoms with Crippen LogP contribution >= 0.6 is 23.2 Å². The third-order valence-electron chi connectivity index (χ3n) is 3.76. The van der Waals surface area contributed by atoms with Gasteiger partial charge in [0.05, 0.1) is 18.2 Å². The summed E-state index contributed by atoms with van der Waals surface area (Å²) in [5.41, 5.74) is -0.849. The molecule has 3 rings (SSSR count). The van der Waals surface area contributed by atoms with Crippen LogP contribution in [0.25, 0.3) is 0 Å². The second-order valence-corrected chi connectivity index (χ2v) is 6.60. The maximum atomic E-state index is 11.1. The van der Waals surface area contributed by atoms with E-state index >= 15 is 0 Å². The highest BCUT2D eigenvalue weighted by Gasteiger charge is 2.33. The molecule has 0 amide bonds. The summed E-state index contributed by atoms with van der Waals surface area (Å²) in [7, 11) is 1.51. The van der Waals surface area contributed by atoms with Crippen LogP contribution in [0.4, 0.5) is 0 Å². The van der Waals surface area contributed by atoms with E-state index in [2.05, 4.69) is 10.1 Å². The molecular weight excluding hydrogens is 377 g/mol. The summed E-state index contributed by atoms with van der Waals surface area (Å²) in [4.78, 5) is 3.89. The smallest absolute Gasteiger partial charge is 0.137 e. The minimum atomic E-state index is -1.36. The molecule has 2 aromatic carbocycles. The van der Waals surface area contributed by atoms with E-state index < -0.39 is 5.60 Å². The van der Waals surface area contributed by atoms with Crippen LogP contribution in [-0.2, 0) is 16.9 Å². The largest absolute Gasteiger partial charge is 0.457 e. The number of aromatic nitrogens is 3. The predicted octanol–water partition coefficient (Wildman–Crippen LogP) is 3.91. The van der Waals surface area contributed by atoms with Crippen molar-refractivity contribution in [1.29, 1.82) is 0 Å². The van der Waals surface area contributed by atoms with Crippen LogP contribution in [0.1, 0.15) is 5.56 Å². The Balaban J connectivity index is 1.85. The molecule has 0 bridgehead atoms. The van der Waals surface area contributed by atoms with Crippen molar-refractivity contribution in [1.82, 2.24) is 14.8 Å². The van der Waals surface area contributed by atoms with Crippen LogP contribution in [0.15, 0.2) is 55.1 Å². The average Bonchev–Trinajstić information content (AvgIpc) is 3.10. The zero-order valence-electron chi connectivity index (χ0n) is 14.0.